The molecule has 2 aliphatic carbocycles. The number of carbonyl (C=O) groups excluding carboxylic acids is 8. The van der Waals surface area contributed by atoms with E-state index in [0.717, 1.165) is 18.4 Å². The Hall–Kier alpha value is -9.10. The molecule has 0 spiro atoms. The Bertz CT molecular complexity index is 3030. The number of amides is 7. The summed E-state index contributed by atoms with van der Waals surface area (Å²) in [5.74, 6) is -7.88. The van der Waals surface area contributed by atoms with Gasteiger partial charge in [-0.25, -0.2) is 0 Å². The van der Waals surface area contributed by atoms with Gasteiger partial charge in [-0.3, -0.25) is 82.2 Å². The van der Waals surface area contributed by atoms with E-state index in [0.29, 0.717) is 24.0 Å². The number of carbonyl (C=O) groups is 11. The number of anilines is 1. The second-order valence-electron chi connectivity index (χ2n) is 23.3. The number of phenols is 1. The van der Waals surface area contributed by atoms with Gasteiger partial charge in [-0.15, -0.1) is 0 Å². The molecule has 2 heterocycles. The first-order valence-electron chi connectivity index (χ1n) is 30.8. The summed E-state index contributed by atoms with van der Waals surface area (Å²) in [4.78, 5) is 158. The van der Waals surface area contributed by atoms with Gasteiger partial charge in [0.05, 0.1) is 38.8 Å². The lowest BCUT2D eigenvalue weighted by atomic mass is 9.82. The van der Waals surface area contributed by atoms with Crippen molar-refractivity contribution in [2.24, 2.45) is 22.4 Å². The number of carboxylic acids is 3. The number of aldehydes is 1. The number of likely N-dealkylation sites (N-methyl/N-ethyl adjacent to an activating group) is 1. The van der Waals surface area contributed by atoms with Gasteiger partial charge in [0.25, 0.3) is 5.91 Å². The third kappa shape index (κ3) is 23.9. The lowest BCUT2D eigenvalue weighted by Crippen LogP contribution is -2.68. The number of hydrogen-bond acceptors (Lipinski definition) is 18. The fourth-order valence-electron chi connectivity index (χ4n) is 11.3. The van der Waals surface area contributed by atoms with Crippen molar-refractivity contribution in [1.82, 2.24) is 56.4 Å². The lowest BCUT2D eigenvalue weighted by molar-refractivity contribution is -0.141. The number of nitrogens with one attached hydrogen (secondary N) is 7. The van der Waals surface area contributed by atoms with Gasteiger partial charge in [0.15, 0.2) is 17.9 Å². The minimum Gasteiger partial charge on any atom is -0.508 e. The summed E-state index contributed by atoms with van der Waals surface area (Å²) in [5, 5.41) is 58.0. The van der Waals surface area contributed by atoms with Crippen LogP contribution in [-0.4, -0.2) is 252 Å². The third-order valence-electron chi connectivity index (χ3n) is 16.3. The monoisotopic (exact) mass is 1280 g/mol. The van der Waals surface area contributed by atoms with Crippen LogP contribution in [-0.2, 0) is 54.4 Å². The number of allylic oxidation sites excluding steroid dienone is 6. The minimum atomic E-state index is -1.97. The summed E-state index contributed by atoms with van der Waals surface area (Å²) >= 11 is 0. The molecule has 0 bridgehead atoms. The SMILES string of the molecule is CN1C(CCCNC(=O)c2ccc(NC(=O)CCNC(=O)CN3CCN(CC(=O)O)CCN(CC(=O)O)CCN(CC(=O)O)CC3)cc2)C(=O)NC(CCCN=C(N)N)C(=O)NC(CC2C=CC3=C(CCC=C3)C2)C(=O)NCC(=O)NC1(C=O)Cc1ccc(O)cc1. The lowest BCUT2D eigenvalue weighted by Gasteiger charge is -2.42. The van der Waals surface area contributed by atoms with Crippen LogP contribution in [0.4, 0.5) is 5.69 Å². The predicted octanol–water partition coefficient (Wildman–Crippen LogP) is -1.86. The average molecular weight is 1280 g/mol. The Labute approximate surface area is 533 Å². The Morgan fingerprint density at radius 3 is 1.89 bits per heavy atom. The molecule has 2 saturated heterocycles. The van der Waals surface area contributed by atoms with Crippen LogP contribution in [0.25, 0.3) is 0 Å². The van der Waals surface area contributed by atoms with Gasteiger partial charge >= 0.3 is 17.9 Å². The van der Waals surface area contributed by atoms with Crippen molar-refractivity contribution in [3.05, 3.63) is 95.1 Å². The molecule has 6 rings (SSSR count). The molecule has 2 fully saturated rings. The number of carboxylic acid groups (broad SMARTS) is 3. The van der Waals surface area contributed by atoms with Crippen molar-refractivity contribution in [3.63, 3.8) is 0 Å². The van der Waals surface area contributed by atoms with Crippen LogP contribution in [0.2, 0.25) is 0 Å². The highest BCUT2D eigenvalue weighted by molar-refractivity contribution is 5.97. The van der Waals surface area contributed by atoms with E-state index in [2.05, 4.69) is 54.4 Å². The molecule has 2 aliphatic heterocycles. The number of nitrogens with zero attached hydrogens (tertiary/aromatic N) is 6. The van der Waals surface area contributed by atoms with Gasteiger partial charge in [-0.05, 0) is 112 Å². The van der Waals surface area contributed by atoms with Crippen LogP contribution in [0.1, 0.15) is 73.7 Å². The van der Waals surface area contributed by atoms with Crippen LogP contribution >= 0.6 is 0 Å². The normalized spacial score (nSPS) is 22.1. The summed E-state index contributed by atoms with van der Waals surface area (Å²) in [6.07, 6.45) is 11.1. The number of nitrogens with two attached hydrogens (primary N) is 2. The minimum absolute atomic E-state index is 0.00135. The quantitative estimate of drug-likeness (QED) is 0.0213. The van der Waals surface area contributed by atoms with Crippen LogP contribution < -0.4 is 48.7 Å². The molecule has 92 heavy (non-hydrogen) atoms. The number of aromatic hydroxyl groups is 1. The van der Waals surface area contributed by atoms with Gasteiger partial charge in [0.2, 0.25) is 35.4 Å². The molecule has 0 aromatic heterocycles. The van der Waals surface area contributed by atoms with Crippen LogP contribution in [0.3, 0.4) is 0 Å². The zero-order valence-electron chi connectivity index (χ0n) is 51.8. The first-order chi connectivity index (χ1) is 44.0. The Morgan fingerprint density at radius 2 is 1.30 bits per heavy atom. The van der Waals surface area contributed by atoms with E-state index in [4.69, 9.17) is 11.5 Å². The number of benzene rings is 2. The number of guanidine groups is 1. The van der Waals surface area contributed by atoms with E-state index in [1.54, 1.807) is 31.7 Å². The largest absolute Gasteiger partial charge is 0.508 e. The second-order valence-corrected chi connectivity index (χ2v) is 23.3. The van der Waals surface area contributed by atoms with Crippen molar-refractivity contribution < 1.29 is 73.2 Å². The van der Waals surface area contributed by atoms with E-state index in [1.807, 2.05) is 12.2 Å². The zero-order valence-corrected chi connectivity index (χ0v) is 51.8. The summed E-state index contributed by atoms with van der Waals surface area (Å²) in [6, 6.07) is 8.20. The van der Waals surface area contributed by atoms with Crippen molar-refractivity contribution >= 4 is 77.2 Å². The average Bonchev–Trinajstić information content (AvgIpc) is 0.965. The molecule has 7 amide bonds. The molecule has 5 atom stereocenters. The fraction of sp³-hybridized carbons (Fsp3) is 0.516. The maximum Gasteiger partial charge on any atom is 0.317 e. The molecule has 30 nitrogen and oxygen atoms in total. The predicted molar refractivity (Wildman–Crippen MR) is 337 cm³/mol. The first-order valence-corrected chi connectivity index (χ1v) is 30.8. The van der Waals surface area contributed by atoms with Crippen LogP contribution in [0.15, 0.2) is 89.0 Å². The molecular formula is C62H87N15O15. The van der Waals surface area contributed by atoms with Crippen LogP contribution in [0.5, 0.6) is 5.75 Å². The topological polar surface area (TPSA) is 433 Å². The van der Waals surface area contributed by atoms with E-state index < -0.39 is 89.6 Å². The molecule has 15 N–H and O–H groups in total. The number of rotatable bonds is 26. The molecular weight excluding hydrogens is 1190 g/mol. The summed E-state index contributed by atoms with van der Waals surface area (Å²) in [5.41, 5.74) is 12.6. The molecule has 2 aromatic rings. The summed E-state index contributed by atoms with van der Waals surface area (Å²) in [7, 11) is 1.45. The van der Waals surface area contributed by atoms with Crippen molar-refractivity contribution in [3.8, 4) is 5.75 Å². The van der Waals surface area contributed by atoms with Crippen molar-refractivity contribution in [1.29, 1.82) is 0 Å². The van der Waals surface area contributed by atoms with Crippen molar-refractivity contribution in [2.45, 2.75) is 88.0 Å². The summed E-state index contributed by atoms with van der Waals surface area (Å²) < 4.78 is 0. The van der Waals surface area contributed by atoms with Gasteiger partial charge in [-0.2, -0.15) is 0 Å². The molecule has 4 aliphatic rings. The maximum absolute atomic E-state index is 14.9. The first kappa shape index (κ1) is 72.0. The molecule has 0 saturated carbocycles. The highest BCUT2D eigenvalue weighted by Gasteiger charge is 2.44. The Kier molecular flexibility index (Phi) is 28.2. The molecule has 30 heteroatoms. The van der Waals surface area contributed by atoms with Gasteiger partial charge < -0.3 is 69.1 Å². The molecule has 5 unspecified atom stereocenters. The number of aliphatic imine (C=N–C) groups is 1. The molecule has 500 valence electrons. The smallest absolute Gasteiger partial charge is 0.317 e. The second kappa shape index (κ2) is 36.1. The highest BCUT2D eigenvalue weighted by Crippen LogP contribution is 2.33. The van der Waals surface area contributed by atoms with Gasteiger partial charge in [-0.1, -0.05) is 42.0 Å². The standard InChI is InChI=1S/C62H87N15O15/c1-73-50(9-5-21-66-57(89)44-14-16-46(17-15-44)69-51(80)20-23-65-53(82)36-74-24-26-75(37-54(83)84)28-30-77(39-56(87)88)31-29-76(27-25-74)38-55(85)86)60(92)70-48(8-4-22-67-61(63)64)59(91)71-49(33-42-10-13-43-6-2-3-7-45(43)32-42)58(90)68-35-52(81)72-62(73,40-78)34-41-11-18-47(79)19-12-41/h2,6,10-19,40,42,48-50,79H,3-5,7-9,20-39H2,1H3,(H,65,82)(H,66,89)(H,68,90)(H,69,80)(H,70,92)(H,71,91)(H,72,81)(H,83,84)(H,85,86)(H,87,88)(H4,63,64,67). The zero-order chi connectivity index (χ0) is 66.7. The van der Waals surface area contributed by atoms with Crippen LogP contribution in [0, 0.1) is 5.92 Å². The Morgan fingerprint density at radius 1 is 0.707 bits per heavy atom. The van der Waals surface area contributed by atoms with Crippen molar-refractivity contribution in [2.75, 3.05) is 117 Å². The van der Waals surface area contributed by atoms with Gasteiger partial charge in [0.1, 0.15) is 17.8 Å². The highest BCUT2D eigenvalue weighted by atomic mass is 16.4. The number of hydrogen-bond donors (Lipinski definition) is 13. The molecule has 0 radical (unpaired) electrons. The summed E-state index contributed by atoms with van der Waals surface area (Å²) in [6.45, 7) is 0.143. The van der Waals surface area contributed by atoms with E-state index >= 15 is 0 Å². The van der Waals surface area contributed by atoms with Gasteiger partial charge in [0, 0.05) is 96.1 Å². The number of aliphatic carboxylic acids is 3. The van der Waals surface area contributed by atoms with E-state index in [1.165, 1.54) is 53.9 Å². The number of phenolic OH excluding ortho intramolecular Hbond substituents is 1. The third-order valence-corrected chi connectivity index (χ3v) is 16.3. The Balaban J connectivity index is 1.08. The maximum atomic E-state index is 14.9. The van der Waals surface area contributed by atoms with E-state index in [9.17, 15) is 73.2 Å². The van der Waals surface area contributed by atoms with E-state index in [-0.39, 0.29) is 166 Å². The fourth-order valence-corrected chi connectivity index (χ4v) is 11.3. The molecule has 2 aromatic carbocycles.